The van der Waals surface area contributed by atoms with Gasteiger partial charge in [-0.15, -0.1) is 0 Å². The van der Waals surface area contributed by atoms with E-state index in [0.29, 0.717) is 21.9 Å². The maximum absolute atomic E-state index is 13.0. The maximum Gasteiger partial charge on any atom is 0.328 e. The van der Waals surface area contributed by atoms with Gasteiger partial charge in [-0.3, -0.25) is 29.4 Å². The van der Waals surface area contributed by atoms with Gasteiger partial charge in [0.25, 0.3) is 23.4 Å². The molecule has 3 amide bonds. The van der Waals surface area contributed by atoms with Gasteiger partial charge in [0.05, 0.1) is 28.5 Å². The monoisotopic (exact) mass is 475 g/mol. The van der Waals surface area contributed by atoms with E-state index in [9.17, 15) is 29.3 Å². The molecule has 35 heavy (non-hydrogen) atoms. The number of nitro benzene ring substituents is 1. The van der Waals surface area contributed by atoms with Crippen LogP contribution >= 0.6 is 0 Å². The number of imide groups is 1. The molecule has 0 aliphatic carbocycles. The fraction of sp³-hybridized carbons (Fsp3) is 0.200. The van der Waals surface area contributed by atoms with Crippen LogP contribution in [0.1, 0.15) is 43.9 Å². The third-order valence-electron chi connectivity index (χ3n) is 5.89. The predicted octanol–water partition coefficient (Wildman–Crippen LogP) is 3.10. The highest BCUT2D eigenvalue weighted by Gasteiger charge is 2.35. The summed E-state index contributed by atoms with van der Waals surface area (Å²) in [6, 6.07) is 14.5. The van der Waals surface area contributed by atoms with Gasteiger partial charge < -0.3 is 10.1 Å². The summed E-state index contributed by atoms with van der Waals surface area (Å²) in [5.74, 6) is -2.10. The van der Waals surface area contributed by atoms with Crippen molar-refractivity contribution in [3.63, 3.8) is 0 Å². The second-order valence-electron chi connectivity index (χ2n) is 7.93. The summed E-state index contributed by atoms with van der Waals surface area (Å²) in [4.78, 5) is 62.4. The van der Waals surface area contributed by atoms with Crippen molar-refractivity contribution in [1.29, 1.82) is 0 Å². The zero-order valence-corrected chi connectivity index (χ0v) is 18.7. The number of carbonyl (C=O) groups is 4. The molecule has 1 N–H and O–H groups in total. The number of esters is 1. The van der Waals surface area contributed by atoms with Crippen LogP contribution < -0.4 is 5.32 Å². The third-order valence-corrected chi connectivity index (χ3v) is 5.89. The number of non-ortho nitro benzene ring substituents is 1. The van der Waals surface area contributed by atoms with Gasteiger partial charge in [0.2, 0.25) is 0 Å². The van der Waals surface area contributed by atoms with E-state index in [0.717, 1.165) is 4.90 Å². The minimum absolute atomic E-state index is 0.0656. The van der Waals surface area contributed by atoms with Gasteiger partial charge in [-0.25, -0.2) is 4.79 Å². The largest absolute Gasteiger partial charge is 0.467 e. The van der Waals surface area contributed by atoms with E-state index in [-0.39, 0.29) is 30.6 Å². The molecule has 0 saturated carbocycles. The lowest BCUT2D eigenvalue weighted by Crippen LogP contribution is -2.42. The maximum atomic E-state index is 13.0. The van der Waals surface area contributed by atoms with Gasteiger partial charge in [-0.1, -0.05) is 30.3 Å². The van der Waals surface area contributed by atoms with Crippen molar-refractivity contribution >= 4 is 40.2 Å². The van der Waals surface area contributed by atoms with Crippen LogP contribution in [0.2, 0.25) is 0 Å². The van der Waals surface area contributed by atoms with E-state index in [2.05, 4.69) is 5.32 Å². The Bertz CT molecular complexity index is 1330. The number of amides is 3. The van der Waals surface area contributed by atoms with Crippen molar-refractivity contribution in [3.05, 3.63) is 87.5 Å². The molecule has 4 rings (SSSR count). The lowest BCUT2D eigenvalue weighted by atomic mass is 10.0. The average Bonchev–Trinajstić information content (AvgIpc) is 3.11. The number of methoxy groups -OCH3 is 1. The van der Waals surface area contributed by atoms with Crippen LogP contribution in [0.15, 0.2) is 60.7 Å². The Kier molecular flexibility index (Phi) is 6.54. The first-order chi connectivity index (χ1) is 16.8. The summed E-state index contributed by atoms with van der Waals surface area (Å²) < 4.78 is 4.81. The Balaban J connectivity index is 1.48. The minimum Gasteiger partial charge on any atom is -0.467 e. The van der Waals surface area contributed by atoms with Gasteiger partial charge in [0.15, 0.2) is 0 Å². The van der Waals surface area contributed by atoms with E-state index in [1.54, 1.807) is 48.5 Å². The highest BCUT2D eigenvalue weighted by atomic mass is 16.6. The second kappa shape index (κ2) is 9.72. The molecular formula is C25H21N3O7. The molecule has 0 fully saturated rings. The van der Waals surface area contributed by atoms with Crippen LogP contribution in [-0.2, 0) is 9.53 Å². The molecule has 1 heterocycles. The molecule has 10 heteroatoms. The fourth-order valence-electron chi connectivity index (χ4n) is 4.16. The van der Waals surface area contributed by atoms with Crippen LogP contribution in [-0.4, -0.2) is 53.2 Å². The highest BCUT2D eigenvalue weighted by molar-refractivity contribution is 6.21. The van der Waals surface area contributed by atoms with Crippen LogP contribution in [0.3, 0.4) is 0 Å². The molecule has 3 aromatic rings. The number of nitrogens with one attached hydrogen (secondary N) is 1. The number of carbonyl (C=O) groups excluding carboxylic acids is 4. The number of nitrogens with zero attached hydrogens (tertiary/aromatic N) is 2. The lowest BCUT2D eigenvalue weighted by molar-refractivity contribution is -0.383. The van der Waals surface area contributed by atoms with E-state index in [4.69, 9.17) is 4.74 Å². The zero-order chi connectivity index (χ0) is 25.1. The number of fused-ring (bicyclic) bond motifs is 2. The second-order valence-corrected chi connectivity index (χ2v) is 7.93. The van der Waals surface area contributed by atoms with E-state index < -0.39 is 34.7 Å². The molecule has 0 spiro atoms. The van der Waals surface area contributed by atoms with E-state index >= 15 is 0 Å². The molecule has 1 aliphatic rings. The van der Waals surface area contributed by atoms with Gasteiger partial charge in [0.1, 0.15) is 6.04 Å². The third kappa shape index (κ3) is 4.45. The minimum atomic E-state index is -1.04. The molecule has 0 saturated heterocycles. The molecule has 1 aliphatic heterocycles. The summed E-state index contributed by atoms with van der Waals surface area (Å²) >= 11 is 0. The standard InChI is InChI=1S/C25H21N3O7/c1-35-25(32)20(11-6-14-27-23(30)18-9-4-5-10-19(18)24(27)31)26-22(29)17-12-13-21(28(33)34)16-8-3-2-7-15(16)17/h2-5,7-10,12-13,20H,6,11,14H2,1H3,(H,26,29). The molecule has 0 radical (unpaired) electrons. The summed E-state index contributed by atoms with van der Waals surface area (Å²) in [6.07, 6.45) is 0.350. The predicted molar refractivity (Wildman–Crippen MR) is 125 cm³/mol. The van der Waals surface area contributed by atoms with Crippen LogP contribution in [0.25, 0.3) is 10.8 Å². The average molecular weight is 475 g/mol. The van der Waals surface area contributed by atoms with Crippen LogP contribution in [0.5, 0.6) is 0 Å². The van der Waals surface area contributed by atoms with Crippen molar-refractivity contribution in [2.45, 2.75) is 18.9 Å². The number of rotatable bonds is 8. The van der Waals surface area contributed by atoms with Gasteiger partial charge in [0, 0.05) is 23.6 Å². The number of ether oxygens (including phenoxy) is 1. The molecule has 178 valence electrons. The van der Waals surface area contributed by atoms with Crippen LogP contribution in [0, 0.1) is 10.1 Å². The molecule has 0 bridgehead atoms. The van der Waals surface area contributed by atoms with Crippen molar-refractivity contribution in [1.82, 2.24) is 10.2 Å². The number of hydrogen-bond donors (Lipinski definition) is 1. The van der Waals surface area contributed by atoms with Crippen molar-refractivity contribution < 1.29 is 28.8 Å². The lowest BCUT2D eigenvalue weighted by Gasteiger charge is -2.19. The highest BCUT2D eigenvalue weighted by Crippen LogP contribution is 2.28. The Hall–Kier alpha value is -4.60. The zero-order valence-electron chi connectivity index (χ0n) is 18.7. The Morgan fingerprint density at radius 1 is 0.971 bits per heavy atom. The molecule has 10 nitrogen and oxygen atoms in total. The van der Waals surface area contributed by atoms with E-state index in [1.165, 1.54) is 19.2 Å². The number of hydrogen-bond acceptors (Lipinski definition) is 7. The number of nitro groups is 1. The van der Waals surface area contributed by atoms with Crippen molar-refractivity contribution in [2.24, 2.45) is 0 Å². The number of benzene rings is 3. The summed E-state index contributed by atoms with van der Waals surface area (Å²) in [7, 11) is 1.19. The summed E-state index contributed by atoms with van der Waals surface area (Å²) in [5, 5.41) is 14.6. The van der Waals surface area contributed by atoms with Gasteiger partial charge in [-0.2, -0.15) is 0 Å². The fourth-order valence-corrected chi connectivity index (χ4v) is 4.16. The SMILES string of the molecule is COC(=O)C(CCCN1C(=O)c2ccccc2C1=O)NC(=O)c1ccc([N+](=O)[O-])c2ccccc12. The smallest absolute Gasteiger partial charge is 0.328 e. The van der Waals surface area contributed by atoms with Crippen molar-refractivity contribution in [3.8, 4) is 0 Å². The first-order valence-corrected chi connectivity index (χ1v) is 10.8. The topological polar surface area (TPSA) is 136 Å². The van der Waals surface area contributed by atoms with Gasteiger partial charge >= 0.3 is 5.97 Å². The van der Waals surface area contributed by atoms with E-state index in [1.807, 2.05) is 0 Å². The van der Waals surface area contributed by atoms with Gasteiger partial charge in [-0.05, 0) is 37.1 Å². The summed E-state index contributed by atoms with van der Waals surface area (Å²) in [6.45, 7) is 0.0656. The molecular weight excluding hydrogens is 454 g/mol. The molecule has 1 unspecified atom stereocenters. The summed E-state index contributed by atoms with van der Waals surface area (Å²) in [5.41, 5.74) is 0.698. The molecule has 3 aromatic carbocycles. The Morgan fingerprint density at radius 2 is 1.57 bits per heavy atom. The molecule has 1 atom stereocenters. The quantitative estimate of drug-likeness (QED) is 0.229. The van der Waals surface area contributed by atoms with Crippen molar-refractivity contribution in [2.75, 3.05) is 13.7 Å². The molecule has 0 aromatic heterocycles. The normalized spacial score (nSPS) is 13.5. The van der Waals surface area contributed by atoms with Crippen LogP contribution in [0.4, 0.5) is 5.69 Å². The first kappa shape index (κ1) is 23.6. The Labute approximate surface area is 199 Å². The first-order valence-electron chi connectivity index (χ1n) is 10.8. The Morgan fingerprint density at radius 3 is 2.17 bits per heavy atom.